The van der Waals surface area contributed by atoms with Crippen molar-refractivity contribution >= 4 is 74.5 Å². The number of nitrogens with zero attached hydrogens (tertiary/aromatic N) is 7. The van der Waals surface area contributed by atoms with Crippen LogP contribution in [0.15, 0.2) is 47.0 Å². The van der Waals surface area contributed by atoms with E-state index in [1.165, 1.54) is 23.3 Å². The first-order valence-electron chi connectivity index (χ1n) is 31.2. The van der Waals surface area contributed by atoms with Crippen LogP contribution in [0.5, 0.6) is 11.5 Å². The summed E-state index contributed by atoms with van der Waals surface area (Å²) in [6, 6.07) is 3.90. The van der Waals surface area contributed by atoms with Crippen molar-refractivity contribution in [2.24, 2.45) is 27.5 Å². The second kappa shape index (κ2) is 38.2. The number of nitrogens with one attached hydrogen (secondary N) is 7. The molecule has 3 aromatic rings. The highest BCUT2D eigenvalue weighted by Crippen LogP contribution is 2.33. The Balaban J connectivity index is 1.08. The third kappa shape index (κ3) is 26.5. The predicted molar refractivity (Wildman–Crippen MR) is 344 cm³/mol. The second-order valence-electron chi connectivity index (χ2n) is 23.6. The Kier molecular flexibility index (Phi) is 31.1. The lowest BCUT2D eigenvalue weighted by atomic mass is 10.0. The van der Waals surface area contributed by atoms with Crippen molar-refractivity contribution in [1.82, 2.24) is 61.5 Å². The van der Waals surface area contributed by atoms with E-state index in [-0.39, 0.29) is 125 Å². The van der Waals surface area contributed by atoms with Crippen molar-refractivity contribution in [1.29, 1.82) is 0 Å². The van der Waals surface area contributed by atoms with Gasteiger partial charge in [0.1, 0.15) is 47.2 Å². The maximum Gasteiger partial charge on any atom is 0.276 e. The van der Waals surface area contributed by atoms with Crippen LogP contribution in [0.1, 0.15) is 83.6 Å². The number of amides is 9. The molecule has 2 aromatic carbocycles. The number of ether oxygens (including phenoxy) is 2. The molecule has 5 rings (SSSR count). The number of likely N-dealkylation sites (N-methyl/N-ethyl adjacent to an activating group) is 3. The van der Waals surface area contributed by atoms with E-state index in [4.69, 9.17) is 26.7 Å². The van der Waals surface area contributed by atoms with Crippen molar-refractivity contribution in [3.63, 3.8) is 0 Å². The topological polar surface area (TPSA) is 403 Å². The van der Waals surface area contributed by atoms with Crippen LogP contribution in [0.3, 0.4) is 0 Å². The Morgan fingerprint density at radius 1 is 0.774 bits per heavy atom. The number of halogens is 2. The number of fused-ring (bicyclic) bond motifs is 6. The van der Waals surface area contributed by atoms with Crippen LogP contribution in [-0.4, -0.2) is 230 Å². The van der Waals surface area contributed by atoms with Gasteiger partial charge in [0.05, 0.1) is 47.9 Å². The summed E-state index contributed by atoms with van der Waals surface area (Å²) in [6.45, 7) is 7.89. The van der Waals surface area contributed by atoms with Crippen molar-refractivity contribution in [3.05, 3.63) is 59.8 Å². The zero-order valence-electron chi connectivity index (χ0n) is 54.0. The van der Waals surface area contributed by atoms with Crippen molar-refractivity contribution in [3.8, 4) is 22.8 Å². The Bertz CT molecular complexity index is 3190. The summed E-state index contributed by atoms with van der Waals surface area (Å²) in [7, 11) is 2.17. The first-order chi connectivity index (χ1) is 44.2. The minimum atomic E-state index is -3.37. The van der Waals surface area contributed by atoms with Gasteiger partial charge in [0.25, 0.3) is 5.91 Å². The van der Waals surface area contributed by atoms with E-state index in [1.807, 2.05) is 19.0 Å². The highest BCUT2D eigenvalue weighted by molar-refractivity contribution is 7.92. The van der Waals surface area contributed by atoms with E-state index in [0.717, 1.165) is 12.3 Å². The third-order valence-corrected chi connectivity index (χ3v) is 16.5. The van der Waals surface area contributed by atoms with Crippen molar-refractivity contribution in [2.45, 2.75) is 108 Å². The molecule has 1 unspecified atom stereocenters. The molecule has 0 radical (unpaired) electrons. The van der Waals surface area contributed by atoms with Gasteiger partial charge in [0, 0.05) is 121 Å². The van der Waals surface area contributed by atoms with Gasteiger partial charge in [0.2, 0.25) is 53.2 Å². The van der Waals surface area contributed by atoms with Crippen LogP contribution < -0.4 is 63.9 Å². The minimum absolute atomic E-state index is 0.00145. The van der Waals surface area contributed by atoms with Gasteiger partial charge >= 0.3 is 0 Å². The molecule has 13 N–H and O–H groups in total. The Labute approximate surface area is 542 Å². The van der Waals surface area contributed by atoms with E-state index >= 15 is 4.39 Å². The van der Waals surface area contributed by atoms with E-state index in [1.54, 1.807) is 44.0 Å². The van der Waals surface area contributed by atoms with Crippen LogP contribution in [0, 0.1) is 17.6 Å². The molecule has 9 amide bonds. The molecule has 93 heavy (non-hydrogen) atoms. The molecule has 514 valence electrons. The first kappa shape index (κ1) is 75.7. The number of benzene rings is 2. The van der Waals surface area contributed by atoms with Gasteiger partial charge in [-0.2, -0.15) is 4.36 Å². The number of anilines is 2. The minimum Gasteiger partial charge on any atom is -0.494 e. The molecule has 2 aliphatic heterocycles. The molecule has 3 heterocycles. The smallest absolute Gasteiger partial charge is 0.276 e. The number of hydrogen-bond acceptors (Lipinski definition) is 20. The molecule has 1 aromatic heterocycles. The summed E-state index contributed by atoms with van der Waals surface area (Å²) in [5.41, 5.74) is 17.4. The second-order valence-corrected chi connectivity index (χ2v) is 26.0. The Morgan fingerprint density at radius 3 is 2.12 bits per heavy atom. The van der Waals surface area contributed by atoms with Crippen LogP contribution in [-0.2, 0) is 58.6 Å². The van der Waals surface area contributed by atoms with E-state index in [0.29, 0.717) is 82.1 Å². The Morgan fingerprint density at radius 2 is 1.42 bits per heavy atom. The van der Waals surface area contributed by atoms with Crippen molar-refractivity contribution < 1.29 is 65.6 Å². The monoisotopic (exact) mass is 1330 g/mol. The highest BCUT2D eigenvalue weighted by atomic mass is 32.2. The summed E-state index contributed by atoms with van der Waals surface area (Å²) in [5.74, 6) is -6.83. The van der Waals surface area contributed by atoms with Crippen LogP contribution in [0.2, 0.25) is 0 Å². The number of carbonyl (C=O) groups is 9. The molecule has 4 bridgehead atoms. The summed E-state index contributed by atoms with van der Waals surface area (Å²) in [5, 5.41) is 19.1. The number of hydrogen-bond donors (Lipinski definition) is 10. The van der Waals surface area contributed by atoms with Gasteiger partial charge in [-0.05, 0) is 95.4 Å². The highest BCUT2D eigenvalue weighted by Gasteiger charge is 2.40. The van der Waals surface area contributed by atoms with Crippen LogP contribution >= 0.6 is 0 Å². The zero-order chi connectivity index (χ0) is 68.2. The molecule has 0 aliphatic carbocycles. The molecule has 1 fully saturated rings. The van der Waals surface area contributed by atoms with Gasteiger partial charge < -0.3 is 78.6 Å². The molecular weight excluding hydrogens is 1230 g/mol. The number of carbonyl (C=O) groups excluding carboxylic acids is 9. The van der Waals surface area contributed by atoms with Gasteiger partial charge in [-0.1, -0.05) is 13.8 Å². The lowest BCUT2D eigenvalue weighted by molar-refractivity contribution is -0.143. The van der Waals surface area contributed by atoms with E-state index in [9.17, 15) is 51.8 Å². The van der Waals surface area contributed by atoms with E-state index in [2.05, 4.69) is 56.4 Å². The number of primary amides is 1. The number of nitrogens with two attached hydrogens (primary N) is 3. The number of likely N-dealkylation sites (tertiary alicyclic amines) is 1. The van der Waals surface area contributed by atoms with Gasteiger partial charge in [-0.25, -0.2) is 23.0 Å². The molecule has 32 heteroatoms. The molecule has 0 spiro atoms. The quantitative estimate of drug-likeness (QED) is 0.0371. The van der Waals surface area contributed by atoms with Gasteiger partial charge in [-0.3, -0.25) is 48.1 Å². The first-order valence-corrected chi connectivity index (χ1v) is 33.3. The predicted octanol–water partition coefficient (Wildman–Crippen LogP) is -0.170. The lowest BCUT2D eigenvalue weighted by Gasteiger charge is -2.30. The molecule has 5 atom stereocenters. The molecule has 2 aliphatic rings. The standard InChI is InChI=1S/C61H93F2N17O12S/c1-39(2)55(59(88)76-93(6,90)38-40-31-42-34-43(32-40)91-29-7-8-30-92-49-33-41(62)14-15-44(49)56-45(63)36-70-61(71-42)75-56)74-58(87)48-11-10-23-80(48)60(89)47(35-50(66)81)73-54(85)37-79(5)28-27-78(4)26-25-77(3)24-22-68-51(82)12-9-13-53(84)72-46(57(86)69-21-19-65)16-17-52(83)67-20-18-64/h14-15,31-34,36,39,46-48,55H,7-13,16-30,35,37-38,64-65H2,1-6H3,(H2,66,81)(H,67,83)(H,68,82)(H,69,86)(H,72,84)(H,73,85)(H,74,87)(H,70,71,75)/t46-,47-,48-,55-,93?/m0/s1. The maximum atomic E-state index is 15.2. The fourth-order valence-electron chi connectivity index (χ4n) is 10.1. The average molecular weight is 1330 g/mol. The van der Waals surface area contributed by atoms with E-state index < -0.39 is 99.2 Å². The SMILES string of the molecule is CC(C)[C@H](NC(=O)[C@@H]1CCCN1C(=O)[C@H](CC(N)=O)NC(=O)CN(C)CCN(C)CCN(C)CCNC(=O)CCCC(=O)N[C@@H](CCC(=O)NCCN)C(=O)NCCN)C(=O)N=S(C)(=O)Cc1cc2cc(c1)OCCCCOc1cc(F)ccc1-c1nc(ncc1F)N2. The fourth-order valence-corrected chi connectivity index (χ4v) is 11.4. The average Bonchev–Trinajstić information content (AvgIpc) is 1.70. The lowest BCUT2D eigenvalue weighted by Crippen LogP contribution is -2.57. The zero-order valence-corrected chi connectivity index (χ0v) is 54.8. The molecule has 29 nitrogen and oxygen atoms in total. The Hall–Kier alpha value is -8.04. The summed E-state index contributed by atoms with van der Waals surface area (Å²) < 4.78 is 59.8. The number of aromatic nitrogens is 2. The molecule has 1 saturated heterocycles. The summed E-state index contributed by atoms with van der Waals surface area (Å²) in [4.78, 5) is 133. The molecular formula is C61H93F2N17O12S. The summed E-state index contributed by atoms with van der Waals surface area (Å²) in [6.07, 6.45) is 3.75. The van der Waals surface area contributed by atoms with Crippen LogP contribution in [0.25, 0.3) is 11.3 Å². The maximum absolute atomic E-state index is 15.2. The van der Waals surface area contributed by atoms with Gasteiger partial charge in [0.15, 0.2) is 5.82 Å². The number of rotatable bonds is 34. The van der Waals surface area contributed by atoms with Crippen molar-refractivity contribution in [2.75, 3.05) is 124 Å². The largest absolute Gasteiger partial charge is 0.494 e. The fraction of sp³-hybridized carbons (Fsp3) is 0.590. The van der Waals surface area contributed by atoms with Crippen LogP contribution in [0.4, 0.5) is 20.4 Å². The molecule has 0 saturated carbocycles. The summed E-state index contributed by atoms with van der Waals surface area (Å²) >= 11 is 0. The van der Waals surface area contributed by atoms with Gasteiger partial charge in [-0.15, -0.1) is 0 Å². The third-order valence-electron chi connectivity index (χ3n) is 15.0. The normalized spacial score (nSPS) is 15.5.